The standard InChI is InChI=1S/C12H12N4O2/c1-6-10(11(13)16-12(14)15-6)7-2-3-8-9(4-7)18-5-17-8/h2-4H,5H2,1H3,(H4,13,14,15,16). The Labute approximate surface area is 104 Å². The number of fused-ring (bicyclic) bond motifs is 1. The number of ether oxygens (including phenoxy) is 2. The summed E-state index contributed by atoms with van der Waals surface area (Å²) in [5.74, 6) is 1.96. The van der Waals surface area contributed by atoms with Crippen molar-refractivity contribution in [3.05, 3.63) is 23.9 Å². The van der Waals surface area contributed by atoms with E-state index >= 15 is 0 Å². The van der Waals surface area contributed by atoms with Gasteiger partial charge in [0, 0.05) is 5.56 Å². The SMILES string of the molecule is Cc1nc(N)nc(N)c1-c1ccc2c(c1)OCO2. The lowest BCUT2D eigenvalue weighted by Crippen LogP contribution is -2.04. The molecular formula is C12H12N4O2. The molecule has 3 rings (SSSR count). The molecule has 0 fully saturated rings. The monoisotopic (exact) mass is 244 g/mol. The molecule has 92 valence electrons. The van der Waals surface area contributed by atoms with Crippen molar-refractivity contribution in [2.45, 2.75) is 6.92 Å². The zero-order chi connectivity index (χ0) is 12.7. The number of nitrogens with two attached hydrogens (primary N) is 2. The Morgan fingerprint density at radius 1 is 1.11 bits per heavy atom. The van der Waals surface area contributed by atoms with E-state index in [0.717, 1.165) is 22.6 Å². The minimum Gasteiger partial charge on any atom is -0.454 e. The molecule has 2 aromatic rings. The van der Waals surface area contributed by atoms with E-state index in [0.29, 0.717) is 11.6 Å². The van der Waals surface area contributed by atoms with Crippen LogP contribution in [0, 0.1) is 6.92 Å². The van der Waals surface area contributed by atoms with E-state index in [2.05, 4.69) is 9.97 Å². The van der Waals surface area contributed by atoms with Crippen molar-refractivity contribution in [2.24, 2.45) is 0 Å². The molecule has 1 aliphatic heterocycles. The van der Waals surface area contributed by atoms with Crippen LogP contribution in [0.4, 0.5) is 11.8 Å². The van der Waals surface area contributed by atoms with Gasteiger partial charge >= 0.3 is 0 Å². The summed E-state index contributed by atoms with van der Waals surface area (Å²) in [4.78, 5) is 8.10. The number of benzene rings is 1. The van der Waals surface area contributed by atoms with Gasteiger partial charge in [0.05, 0.1) is 5.69 Å². The predicted molar refractivity (Wildman–Crippen MR) is 67.2 cm³/mol. The number of rotatable bonds is 1. The molecule has 0 atom stereocenters. The second-order valence-electron chi connectivity index (χ2n) is 4.00. The van der Waals surface area contributed by atoms with Gasteiger partial charge in [-0.3, -0.25) is 0 Å². The molecule has 1 aliphatic rings. The minimum atomic E-state index is 0.175. The largest absolute Gasteiger partial charge is 0.454 e. The highest BCUT2D eigenvalue weighted by atomic mass is 16.7. The maximum absolute atomic E-state index is 5.90. The van der Waals surface area contributed by atoms with Crippen LogP contribution in [-0.2, 0) is 0 Å². The van der Waals surface area contributed by atoms with Crippen LogP contribution in [0.1, 0.15) is 5.69 Å². The first kappa shape index (κ1) is 10.6. The van der Waals surface area contributed by atoms with Gasteiger partial charge in [-0.25, -0.2) is 4.98 Å². The Kier molecular flexibility index (Phi) is 2.22. The highest BCUT2D eigenvalue weighted by Gasteiger charge is 2.17. The average Bonchev–Trinajstić information content (AvgIpc) is 2.74. The Morgan fingerprint density at radius 2 is 1.89 bits per heavy atom. The van der Waals surface area contributed by atoms with Crippen molar-refractivity contribution in [1.82, 2.24) is 9.97 Å². The predicted octanol–water partition coefficient (Wildman–Crippen LogP) is 1.35. The molecule has 6 nitrogen and oxygen atoms in total. The summed E-state index contributed by atoms with van der Waals surface area (Å²) >= 11 is 0. The topological polar surface area (TPSA) is 96.3 Å². The van der Waals surface area contributed by atoms with Gasteiger partial charge < -0.3 is 20.9 Å². The molecule has 18 heavy (non-hydrogen) atoms. The van der Waals surface area contributed by atoms with Crippen molar-refractivity contribution < 1.29 is 9.47 Å². The highest BCUT2D eigenvalue weighted by Crippen LogP contribution is 2.37. The van der Waals surface area contributed by atoms with Gasteiger partial charge in [0.1, 0.15) is 5.82 Å². The molecular weight excluding hydrogens is 232 g/mol. The molecule has 0 saturated carbocycles. The first-order chi connectivity index (χ1) is 8.65. The Balaban J connectivity index is 2.16. The average molecular weight is 244 g/mol. The summed E-state index contributed by atoms with van der Waals surface area (Å²) in [6, 6.07) is 5.60. The van der Waals surface area contributed by atoms with Gasteiger partial charge in [-0.05, 0) is 24.6 Å². The van der Waals surface area contributed by atoms with E-state index in [-0.39, 0.29) is 12.7 Å². The van der Waals surface area contributed by atoms with Gasteiger partial charge in [-0.15, -0.1) is 0 Å². The van der Waals surface area contributed by atoms with E-state index in [9.17, 15) is 0 Å². The van der Waals surface area contributed by atoms with Crippen molar-refractivity contribution in [2.75, 3.05) is 18.3 Å². The maximum Gasteiger partial charge on any atom is 0.231 e. The van der Waals surface area contributed by atoms with Crippen molar-refractivity contribution in [3.8, 4) is 22.6 Å². The molecule has 1 aromatic carbocycles. The van der Waals surface area contributed by atoms with Crippen LogP contribution in [0.25, 0.3) is 11.1 Å². The molecule has 6 heteroatoms. The van der Waals surface area contributed by atoms with Crippen molar-refractivity contribution in [3.63, 3.8) is 0 Å². The summed E-state index contributed by atoms with van der Waals surface area (Å²) in [6.07, 6.45) is 0. The summed E-state index contributed by atoms with van der Waals surface area (Å²) in [5, 5.41) is 0. The molecule has 0 bridgehead atoms. The van der Waals surface area contributed by atoms with Crippen LogP contribution in [0.2, 0.25) is 0 Å². The summed E-state index contributed by atoms with van der Waals surface area (Å²) < 4.78 is 10.6. The molecule has 0 saturated heterocycles. The zero-order valence-corrected chi connectivity index (χ0v) is 9.80. The van der Waals surface area contributed by atoms with E-state index in [1.165, 1.54) is 0 Å². The van der Waals surface area contributed by atoms with E-state index in [1.807, 2.05) is 25.1 Å². The van der Waals surface area contributed by atoms with Crippen molar-refractivity contribution >= 4 is 11.8 Å². The normalized spacial score (nSPS) is 12.7. The Morgan fingerprint density at radius 3 is 2.67 bits per heavy atom. The van der Waals surface area contributed by atoms with Crippen LogP contribution in [0.3, 0.4) is 0 Å². The molecule has 1 aromatic heterocycles. The molecule has 0 spiro atoms. The van der Waals surface area contributed by atoms with Crippen molar-refractivity contribution in [1.29, 1.82) is 0 Å². The van der Waals surface area contributed by atoms with E-state index < -0.39 is 0 Å². The zero-order valence-electron chi connectivity index (χ0n) is 9.80. The Bertz CT molecular complexity index is 604. The molecule has 0 amide bonds. The molecule has 4 N–H and O–H groups in total. The van der Waals surface area contributed by atoms with Gasteiger partial charge in [0.2, 0.25) is 12.7 Å². The summed E-state index contributed by atoms with van der Waals surface area (Å²) in [5.41, 5.74) is 13.8. The fraction of sp³-hybridized carbons (Fsp3) is 0.167. The number of nitrogen functional groups attached to an aromatic ring is 2. The smallest absolute Gasteiger partial charge is 0.231 e. The van der Waals surface area contributed by atoms with Gasteiger partial charge in [0.15, 0.2) is 11.5 Å². The molecule has 0 aliphatic carbocycles. The third-order valence-corrected chi connectivity index (χ3v) is 2.80. The number of aromatic nitrogens is 2. The third kappa shape index (κ3) is 1.58. The second-order valence-corrected chi connectivity index (χ2v) is 4.00. The summed E-state index contributed by atoms with van der Waals surface area (Å²) in [6.45, 7) is 2.08. The lowest BCUT2D eigenvalue weighted by molar-refractivity contribution is 0.174. The molecule has 0 radical (unpaired) electrons. The van der Waals surface area contributed by atoms with Crippen LogP contribution in [0.15, 0.2) is 18.2 Å². The second kappa shape index (κ2) is 3.76. The number of hydrogen-bond donors (Lipinski definition) is 2. The fourth-order valence-corrected chi connectivity index (χ4v) is 2.03. The lowest BCUT2D eigenvalue weighted by atomic mass is 10.0. The maximum atomic E-state index is 5.90. The Hall–Kier alpha value is -2.50. The lowest BCUT2D eigenvalue weighted by Gasteiger charge is -2.09. The number of aryl methyl sites for hydroxylation is 1. The number of anilines is 2. The van der Waals surface area contributed by atoms with Crippen LogP contribution in [-0.4, -0.2) is 16.8 Å². The van der Waals surface area contributed by atoms with Gasteiger partial charge in [0.25, 0.3) is 0 Å². The van der Waals surface area contributed by atoms with Gasteiger partial charge in [-0.1, -0.05) is 6.07 Å². The number of nitrogens with zero attached hydrogens (tertiary/aromatic N) is 2. The number of hydrogen-bond acceptors (Lipinski definition) is 6. The van der Waals surface area contributed by atoms with Crippen LogP contribution >= 0.6 is 0 Å². The third-order valence-electron chi connectivity index (χ3n) is 2.80. The first-order valence-electron chi connectivity index (χ1n) is 5.45. The van der Waals surface area contributed by atoms with Crippen LogP contribution < -0.4 is 20.9 Å². The summed E-state index contributed by atoms with van der Waals surface area (Å²) in [7, 11) is 0. The minimum absolute atomic E-state index is 0.175. The van der Waals surface area contributed by atoms with Gasteiger partial charge in [-0.2, -0.15) is 4.98 Å². The quantitative estimate of drug-likeness (QED) is 0.785. The highest BCUT2D eigenvalue weighted by molar-refractivity contribution is 5.78. The molecule has 2 heterocycles. The van der Waals surface area contributed by atoms with Crippen LogP contribution in [0.5, 0.6) is 11.5 Å². The molecule has 0 unspecified atom stereocenters. The first-order valence-corrected chi connectivity index (χ1v) is 5.45. The van der Waals surface area contributed by atoms with E-state index in [1.54, 1.807) is 0 Å². The fourth-order valence-electron chi connectivity index (χ4n) is 2.03. The van der Waals surface area contributed by atoms with E-state index in [4.69, 9.17) is 20.9 Å².